The maximum atomic E-state index is 4.10. The number of nitrogens with one attached hydrogen (secondary N) is 4. The van der Waals surface area contributed by atoms with E-state index in [0.717, 1.165) is 0 Å². The predicted octanol–water partition coefficient (Wildman–Crippen LogP) is 12.8. The standard InChI is InChI=1S/C38H48N4S6/c1-11-19-43-31-32(44-20-12-2)48-34(47-31)33-45-27-28(46-33)30-38(9,10)26-18-16-24(41-26)36(5,6)22-14-13-21(39-22)35(3,4)23-15-17-25(40-23)37(7,8)29(27)42-30/h13-18,39-42H,11-12,19-20H2,1-10H3. The van der Waals surface area contributed by atoms with Crippen molar-refractivity contribution >= 4 is 70.6 Å². The highest BCUT2D eigenvalue weighted by Gasteiger charge is 2.43. The van der Waals surface area contributed by atoms with Gasteiger partial charge in [-0.05, 0) is 116 Å². The first-order valence-electron chi connectivity index (χ1n) is 17.0. The maximum Gasteiger partial charge on any atom is 0.0717 e. The van der Waals surface area contributed by atoms with Crippen LogP contribution in [0.25, 0.3) is 0 Å². The number of hydrogen-bond acceptors (Lipinski definition) is 6. The summed E-state index contributed by atoms with van der Waals surface area (Å²) >= 11 is 12.1. The third-order valence-corrected chi connectivity index (χ3v) is 19.3. The van der Waals surface area contributed by atoms with Crippen molar-refractivity contribution in [1.82, 2.24) is 19.9 Å². The van der Waals surface area contributed by atoms with Gasteiger partial charge < -0.3 is 19.9 Å². The summed E-state index contributed by atoms with van der Waals surface area (Å²) in [6.07, 6.45) is 2.40. The van der Waals surface area contributed by atoms with E-state index >= 15 is 0 Å². The summed E-state index contributed by atoms with van der Waals surface area (Å²) in [6, 6.07) is 13.8. The first kappa shape index (κ1) is 35.1. The second-order valence-corrected chi connectivity index (χ2v) is 22.5. The van der Waals surface area contributed by atoms with Crippen molar-refractivity contribution in [3.8, 4) is 0 Å². The molecule has 0 amide bonds. The molecule has 256 valence electrons. The van der Waals surface area contributed by atoms with Gasteiger partial charge in [-0.1, -0.05) is 60.9 Å². The average Bonchev–Trinajstić information content (AvgIpc) is 3.87. The van der Waals surface area contributed by atoms with E-state index in [2.05, 4.69) is 126 Å². The minimum Gasteiger partial charge on any atom is -0.361 e. The number of aromatic amines is 4. The van der Waals surface area contributed by atoms with Crippen molar-refractivity contribution in [2.75, 3.05) is 11.5 Å². The number of rotatable bonds is 6. The molecular weight excluding hydrogens is 705 g/mol. The van der Waals surface area contributed by atoms with Crippen molar-refractivity contribution in [3.63, 3.8) is 0 Å². The molecule has 0 aromatic carbocycles. The number of H-pyrrole nitrogens is 4. The summed E-state index contributed by atoms with van der Waals surface area (Å²) in [5, 5.41) is 0. The van der Waals surface area contributed by atoms with Gasteiger partial charge in [-0.15, -0.1) is 23.5 Å². The zero-order valence-corrected chi connectivity index (χ0v) is 34.6. The number of aromatic nitrogens is 4. The van der Waals surface area contributed by atoms with Crippen LogP contribution in [0.1, 0.15) is 128 Å². The first-order chi connectivity index (χ1) is 22.7. The monoisotopic (exact) mass is 752 g/mol. The third-order valence-electron chi connectivity index (χ3n) is 10.2. The van der Waals surface area contributed by atoms with E-state index in [1.165, 1.54) is 96.6 Å². The van der Waals surface area contributed by atoms with E-state index in [1.807, 2.05) is 70.6 Å². The Morgan fingerprint density at radius 1 is 0.458 bits per heavy atom. The summed E-state index contributed by atoms with van der Waals surface area (Å²) in [7, 11) is 0. The molecule has 0 saturated heterocycles. The molecule has 7 heterocycles. The Morgan fingerprint density at radius 3 is 1.10 bits per heavy atom. The van der Waals surface area contributed by atoms with Crippen LogP contribution in [0.4, 0.5) is 0 Å². The van der Waals surface area contributed by atoms with Gasteiger partial charge >= 0.3 is 0 Å². The lowest BCUT2D eigenvalue weighted by Crippen LogP contribution is -2.26. The Kier molecular flexibility index (Phi) is 9.31. The SMILES string of the molecule is CCCSC1=C(SCCC)SC(=C2Sc3c4[nH]c(c3S2)C(C)(C)c2ccc([nH]2)C(C)(C)c2ccc([nH]2)C(C)(C)c2ccc([nH]2)C4(C)C)S1. The zero-order valence-electron chi connectivity index (χ0n) is 29.7. The van der Waals surface area contributed by atoms with Gasteiger partial charge in [0.25, 0.3) is 0 Å². The second-order valence-electron chi connectivity index (χ2n) is 15.1. The number of hydrogen-bond donors (Lipinski definition) is 4. The highest BCUT2D eigenvalue weighted by molar-refractivity contribution is 8.42. The van der Waals surface area contributed by atoms with E-state index in [4.69, 9.17) is 0 Å². The first-order valence-corrected chi connectivity index (χ1v) is 22.3. The smallest absolute Gasteiger partial charge is 0.0717 e. The van der Waals surface area contributed by atoms with Crippen LogP contribution >= 0.6 is 70.6 Å². The quantitative estimate of drug-likeness (QED) is 0.157. The largest absolute Gasteiger partial charge is 0.361 e. The zero-order chi connectivity index (χ0) is 34.2. The lowest BCUT2D eigenvalue weighted by molar-refractivity contribution is 0.542. The summed E-state index contributed by atoms with van der Waals surface area (Å²) in [5.74, 6) is 2.35. The molecule has 4 N–H and O–H groups in total. The van der Waals surface area contributed by atoms with E-state index in [-0.39, 0.29) is 21.7 Å². The maximum absolute atomic E-state index is 4.10. The van der Waals surface area contributed by atoms with Crippen LogP contribution in [0, 0.1) is 0 Å². The molecule has 48 heavy (non-hydrogen) atoms. The van der Waals surface area contributed by atoms with Gasteiger partial charge in [0.15, 0.2) is 0 Å². The fraction of sp³-hybridized carbons (Fsp3) is 0.474. The molecular formula is C38H48N4S6. The number of fused-ring (bicyclic) bond motifs is 11. The van der Waals surface area contributed by atoms with Crippen LogP contribution in [-0.2, 0) is 21.7 Å². The molecule has 0 unspecified atom stereocenters. The highest BCUT2D eigenvalue weighted by Crippen LogP contribution is 2.66. The van der Waals surface area contributed by atoms with Crippen LogP contribution in [0.3, 0.4) is 0 Å². The van der Waals surface area contributed by atoms with Crippen LogP contribution in [-0.4, -0.2) is 31.4 Å². The molecule has 3 aliphatic rings. The highest BCUT2D eigenvalue weighted by atomic mass is 32.3. The van der Waals surface area contributed by atoms with Crippen molar-refractivity contribution in [2.24, 2.45) is 0 Å². The summed E-state index contributed by atoms with van der Waals surface area (Å²) < 4.78 is 5.88. The Morgan fingerprint density at radius 2 is 0.771 bits per heavy atom. The molecule has 8 bridgehead atoms. The summed E-state index contributed by atoms with van der Waals surface area (Å²) in [4.78, 5) is 18.6. The van der Waals surface area contributed by atoms with Gasteiger partial charge in [-0.2, -0.15) is 0 Å². The van der Waals surface area contributed by atoms with Crippen LogP contribution in [0.2, 0.25) is 0 Å². The Labute approximate surface area is 312 Å². The summed E-state index contributed by atoms with van der Waals surface area (Å²) in [5.41, 5.74) is 8.98. The molecule has 0 aliphatic carbocycles. The molecule has 0 saturated carbocycles. The summed E-state index contributed by atoms with van der Waals surface area (Å²) in [6.45, 7) is 23.3. The molecule has 10 heteroatoms. The Balaban J connectivity index is 1.37. The van der Waals surface area contributed by atoms with E-state index < -0.39 is 0 Å². The normalized spacial score (nSPS) is 20.5. The molecule has 0 radical (unpaired) electrons. The van der Waals surface area contributed by atoms with Gasteiger partial charge in [0, 0.05) is 77.0 Å². The van der Waals surface area contributed by atoms with Gasteiger partial charge in [0.1, 0.15) is 0 Å². The van der Waals surface area contributed by atoms with Crippen LogP contribution in [0.5, 0.6) is 0 Å². The Hall–Kier alpha value is -1.30. The van der Waals surface area contributed by atoms with Crippen molar-refractivity contribution in [2.45, 2.75) is 114 Å². The minimum absolute atomic E-state index is 0.210. The molecule has 4 aromatic rings. The molecule has 4 aromatic heterocycles. The number of thioether (sulfide) groups is 6. The minimum atomic E-state index is -0.264. The van der Waals surface area contributed by atoms with E-state index in [1.54, 1.807) is 0 Å². The molecule has 0 spiro atoms. The topological polar surface area (TPSA) is 63.2 Å². The molecule has 3 aliphatic heterocycles. The van der Waals surface area contributed by atoms with E-state index in [9.17, 15) is 0 Å². The predicted molar refractivity (Wildman–Crippen MR) is 218 cm³/mol. The van der Waals surface area contributed by atoms with Crippen molar-refractivity contribution in [1.29, 1.82) is 0 Å². The van der Waals surface area contributed by atoms with Crippen molar-refractivity contribution < 1.29 is 0 Å². The fourth-order valence-corrected chi connectivity index (χ4v) is 15.7. The molecule has 0 fully saturated rings. The van der Waals surface area contributed by atoms with Gasteiger partial charge in [0.2, 0.25) is 0 Å². The molecule has 7 rings (SSSR count). The van der Waals surface area contributed by atoms with E-state index in [0.29, 0.717) is 0 Å². The van der Waals surface area contributed by atoms with Gasteiger partial charge in [0.05, 0.1) is 16.9 Å². The Bertz CT molecular complexity index is 1790. The van der Waals surface area contributed by atoms with Gasteiger partial charge in [-0.25, -0.2) is 0 Å². The van der Waals surface area contributed by atoms with Crippen molar-refractivity contribution in [3.05, 3.63) is 98.9 Å². The molecule has 4 nitrogen and oxygen atoms in total. The molecule has 0 atom stereocenters. The average molecular weight is 753 g/mol. The second kappa shape index (κ2) is 12.7. The van der Waals surface area contributed by atoms with Gasteiger partial charge in [-0.3, -0.25) is 0 Å². The fourth-order valence-electron chi connectivity index (χ4n) is 6.68. The third kappa shape index (κ3) is 5.76. The lowest BCUT2D eigenvalue weighted by Gasteiger charge is -2.29. The van der Waals surface area contributed by atoms with Crippen LogP contribution < -0.4 is 0 Å². The lowest BCUT2D eigenvalue weighted by atomic mass is 9.85. The van der Waals surface area contributed by atoms with Crippen LogP contribution in [0.15, 0.2) is 63.1 Å².